The van der Waals surface area contributed by atoms with Gasteiger partial charge >= 0.3 is 0 Å². The van der Waals surface area contributed by atoms with Gasteiger partial charge in [-0.2, -0.15) is 4.98 Å². The van der Waals surface area contributed by atoms with Crippen molar-refractivity contribution in [2.45, 2.75) is 44.9 Å². The molecule has 1 N–H and O–H groups in total. The minimum atomic E-state index is 0.0193. The molecule has 0 aliphatic heterocycles. The Hall–Kier alpha value is -1.23. The van der Waals surface area contributed by atoms with Crippen LogP contribution in [0.1, 0.15) is 48.9 Å². The van der Waals surface area contributed by atoms with Crippen molar-refractivity contribution >= 4 is 21.7 Å². The zero-order valence-corrected chi connectivity index (χ0v) is 10.6. The van der Waals surface area contributed by atoms with Crippen LogP contribution in [-0.2, 0) is 0 Å². The average molecular weight is 249 g/mol. The molecule has 0 amide bonds. The van der Waals surface area contributed by atoms with E-state index in [-0.39, 0.29) is 5.88 Å². The zero-order chi connectivity index (χ0) is 11.8. The van der Waals surface area contributed by atoms with Crippen LogP contribution in [0, 0.1) is 6.92 Å². The normalized spacial score (nSPS) is 17.7. The first-order valence-electron chi connectivity index (χ1n) is 6.08. The Morgan fingerprint density at radius 2 is 1.88 bits per heavy atom. The molecule has 1 saturated carbocycles. The Morgan fingerprint density at radius 1 is 1.12 bits per heavy atom. The molecular formula is C12H15N3OS. The smallest absolute Gasteiger partial charge is 0.242 e. The summed E-state index contributed by atoms with van der Waals surface area (Å²) in [5.74, 6) is 1.18. The van der Waals surface area contributed by atoms with E-state index in [1.54, 1.807) is 18.3 Å². The highest BCUT2D eigenvalue weighted by Crippen LogP contribution is 2.37. The third-order valence-electron chi connectivity index (χ3n) is 3.32. The minimum Gasteiger partial charge on any atom is -0.492 e. The Balaban J connectivity index is 2.03. The van der Waals surface area contributed by atoms with Crippen LogP contribution in [0.5, 0.6) is 5.88 Å². The Morgan fingerprint density at radius 3 is 2.65 bits per heavy atom. The highest BCUT2D eigenvalue weighted by molar-refractivity contribution is 7.18. The molecule has 4 nitrogen and oxygen atoms in total. The largest absolute Gasteiger partial charge is 0.492 e. The number of thiazole rings is 1. The summed E-state index contributed by atoms with van der Waals surface area (Å²) in [6, 6.07) is 0. The van der Waals surface area contributed by atoms with E-state index < -0.39 is 0 Å². The summed E-state index contributed by atoms with van der Waals surface area (Å²) in [6.07, 6.45) is 6.35. The van der Waals surface area contributed by atoms with Gasteiger partial charge in [0.05, 0.1) is 5.01 Å². The van der Waals surface area contributed by atoms with Crippen molar-refractivity contribution in [1.82, 2.24) is 15.0 Å². The van der Waals surface area contributed by atoms with Gasteiger partial charge < -0.3 is 5.11 Å². The van der Waals surface area contributed by atoms with Crippen LogP contribution in [0.2, 0.25) is 0 Å². The lowest BCUT2D eigenvalue weighted by Crippen LogP contribution is -2.03. The molecule has 17 heavy (non-hydrogen) atoms. The van der Waals surface area contributed by atoms with Crippen LogP contribution >= 0.6 is 11.3 Å². The Kier molecular flexibility index (Phi) is 2.70. The summed E-state index contributed by atoms with van der Waals surface area (Å²) in [6.45, 7) is 1.79. The second-order valence-electron chi connectivity index (χ2n) is 4.64. The summed E-state index contributed by atoms with van der Waals surface area (Å²) in [5, 5.41) is 10.9. The molecule has 2 heterocycles. The molecule has 1 fully saturated rings. The van der Waals surface area contributed by atoms with Crippen LogP contribution in [0.3, 0.4) is 0 Å². The van der Waals surface area contributed by atoms with Crippen molar-refractivity contribution in [2.24, 2.45) is 0 Å². The summed E-state index contributed by atoms with van der Waals surface area (Å²) < 4.78 is 0. The van der Waals surface area contributed by atoms with Gasteiger partial charge in [-0.1, -0.05) is 30.6 Å². The summed E-state index contributed by atoms with van der Waals surface area (Å²) in [4.78, 5) is 13.6. The van der Waals surface area contributed by atoms with Crippen molar-refractivity contribution in [2.75, 3.05) is 0 Å². The molecule has 0 radical (unpaired) electrons. The number of fused-ring (bicyclic) bond motifs is 1. The average Bonchev–Trinajstić information content (AvgIpc) is 2.74. The lowest BCUT2D eigenvalue weighted by Gasteiger charge is -2.18. The molecule has 0 atom stereocenters. The Labute approximate surface area is 104 Å². The van der Waals surface area contributed by atoms with E-state index in [0.29, 0.717) is 17.3 Å². The molecule has 1 aliphatic rings. The van der Waals surface area contributed by atoms with Gasteiger partial charge in [0, 0.05) is 5.92 Å². The monoisotopic (exact) mass is 249 g/mol. The van der Waals surface area contributed by atoms with Gasteiger partial charge in [0.2, 0.25) is 5.88 Å². The maximum Gasteiger partial charge on any atom is 0.242 e. The molecule has 0 spiro atoms. The van der Waals surface area contributed by atoms with Crippen molar-refractivity contribution in [1.29, 1.82) is 0 Å². The molecular weight excluding hydrogens is 234 g/mol. The third-order valence-corrected chi connectivity index (χ3v) is 4.43. The van der Waals surface area contributed by atoms with Gasteiger partial charge in [0.15, 0.2) is 10.3 Å². The van der Waals surface area contributed by atoms with Crippen LogP contribution in [-0.4, -0.2) is 20.1 Å². The number of aromatic nitrogens is 3. The maximum absolute atomic E-state index is 9.76. The predicted molar refractivity (Wildman–Crippen MR) is 67.4 cm³/mol. The van der Waals surface area contributed by atoms with E-state index in [1.165, 1.54) is 32.1 Å². The van der Waals surface area contributed by atoms with Crippen LogP contribution < -0.4 is 0 Å². The molecule has 1 aliphatic carbocycles. The Bertz CT molecular complexity index is 546. The number of aromatic hydroxyl groups is 1. The van der Waals surface area contributed by atoms with Gasteiger partial charge in [-0.15, -0.1) is 0 Å². The predicted octanol–water partition coefficient (Wildman–Crippen LogP) is 3.15. The first-order valence-corrected chi connectivity index (χ1v) is 6.90. The second-order valence-corrected chi connectivity index (χ2v) is 5.64. The van der Waals surface area contributed by atoms with Crippen LogP contribution in [0.25, 0.3) is 10.3 Å². The van der Waals surface area contributed by atoms with E-state index in [9.17, 15) is 5.11 Å². The molecule has 0 aromatic carbocycles. The van der Waals surface area contributed by atoms with Gasteiger partial charge in [0.25, 0.3) is 0 Å². The number of hydrogen-bond acceptors (Lipinski definition) is 5. The molecule has 0 bridgehead atoms. The SMILES string of the molecule is Cc1nc(O)c2nc(C3CCCCC3)sc2n1. The van der Waals surface area contributed by atoms with Crippen molar-refractivity contribution in [3.05, 3.63) is 10.8 Å². The molecule has 5 heteroatoms. The van der Waals surface area contributed by atoms with Crippen molar-refractivity contribution in [3.8, 4) is 5.88 Å². The molecule has 0 unspecified atom stereocenters. The topological polar surface area (TPSA) is 58.9 Å². The second kappa shape index (κ2) is 4.22. The highest BCUT2D eigenvalue weighted by atomic mass is 32.1. The van der Waals surface area contributed by atoms with Gasteiger partial charge in [-0.25, -0.2) is 9.97 Å². The van der Waals surface area contributed by atoms with E-state index >= 15 is 0 Å². The first-order chi connectivity index (χ1) is 8.24. The molecule has 2 aromatic rings. The van der Waals surface area contributed by atoms with Crippen LogP contribution in [0.15, 0.2) is 0 Å². The van der Waals surface area contributed by atoms with E-state index in [4.69, 9.17) is 0 Å². The van der Waals surface area contributed by atoms with Gasteiger partial charge in [-0.3, -0.25) is 0 Å². The lowest BCUT2D eigenvalue weighted by molar-refractivity contribution is 0.441. The zero-order valence-electron chi connectivity index (χ0n) is 9.81. The standard InChI is InChI=1S/C12H15N3OS/c1-7-13-10(16)9-12(14-7)17-11(15-9)8-5-3-2-4-6-8/h8H,2-6H2,1H3,(H,13,14,16). The third kappa shape index (κ3) is 1.99. The van der Waals surface area contributed by atoms with Crippen LogP contribution in [0.4, 0.5) is 0 Å². The van der Waals surface area contributed by atoms with Crippen molar-refractivity contribution < 1.29 is 5.11 Å². The number of aryl methyl sites for hydroxylation is 1. The van der Waals surface area contributed by atoms with E-state index in [1.807, 2.05) is 0 Å². The number of nitrogens with zero attached hydrogens (tertiary/aromatic N) is 3. The number of hydrogen-bond donors (Lipinski definition) is 1. The first kappa shape index (κ1) is 10.9. The quantitative estimate of drug-likeness (QED) is 0.843. The highest BCUT2D eigenvalue weighted by Gasteiger charge is 2.21. The van der Waals surface area contributed by atoms with E-state index in [2.05, 4.69) is 15.0 Å². The maximum atomic E-state index is 9.76. The summed E-state index contributed by atoms with van der Waals surface area (Å²) in [5.41, 5.74) is 0.571. The summed E-state index contributed by atoms with van der Waals surface area (Å²) >= 11 is 1.61. The van der Waals surface area contributed by atoms with Gasteiger partial charge in [-0.05, 0) is 19.8 Å². The number of rotatable bonds is 1. The minimum absolute atomic E-state index is 0.0193. The van der Waals surface area contributed by atoms with Gasteiger partial charge in [0.1, 0.15) is 5.82 Å². The lowest BCUT2D eigenvalue weighted by atomic mass is 9.90. The summed E-state index contributed by atoms with van der Waals surface area (Å²) in [7, 11) is 0. The van der Waals surface area contributed by atoms with Crippen molar-refractivity contribution in [3.63, 3.8) is 0 Å². The molecule has 0 saturated heterocycles. The molecule has 3 rings (SSSR count). The fourth-order valence-electron chi connectivity index (χ4n) is 2.45. The fourth-order valence-corrected chi connectivity index (χ4v) is 3.60. The van der Waals surface area contributed by atoms with E-state index in [0.717, 1.165) is 9.84 Å². The molecule has 90 valence electrons. The molecule has 2 aromatic heterocycles. The fraction of sp³-hybridized carbons (Fsp3) is 0.583.